The summed E-state index contributed by atoms with van der Waals surface area (Å²) in [7, 11) is -3.70. The summed E-state index contributed by atoms with van der Waals surface area (Å²) in [6.45, 7) is 0. The number of carbonyl (C=O) groups excluding carboxylic acids is 1. The number of anilines is 1. The van der Waals surface area contributed by atoms with Gasteiger partial charge in [-0.15, -0.1) is 0 Å². The molecule has 3 aliphatic rings. The highest BCUT2D eigenvalue weighted by molar-refractivity contribution is 7.91. The SMILES string of the molecule is CS(=O)(=O)c1c([C@@H]2C[C@H]3CC[C@@H](C2)N3C(=O)NC2CC2)nc2c(-c3ccc(-c4ccccc4)nc3)cnn2c1N. The molecule has 3 fully saturated rings. The van der Waals surface area contributed by atoms with Gasteiger partial charge < -0.3 is 16.0 Å². The number of piperidine rings is 1. The van der Waals surface area contributed by atoms with Crippen molar-refractivity contribution in [2.75, 3.05) is 12.0 Å². The molecule has 7 rings (SSSR count). The molecule has 40 heavy (non-hydrogen) atoms. The third-order valence-corrected chi connectivity index (χ3v) is 9.60. The van der Waals surface area contributed by atoms with Gasteiger partial charge >= 0.3 is 6.03 Å². The van der Waals surface area contributed by atoms with E-state index in [0.29, 0.717) is 30.2 Å². The molecular weight excluding hydrogens is 526 g/mol. The monoisotopic (exact) mass is 557 g/mol. The van der Waals surface area contributed by atoms with Crippen LogP contribution >= 0.6 is 0 Å². The number of pyridine rings is 1. The van der Waals surface area contributed by atoms with Crippen LogP contribution in [0, 0.1) is 0 Å². The minimum absolute atomic E-state index is 0.00392. The molecule has 3 N–H and O–H groups in total. The topological polar surface area (TPSA) is 136 Å². The summed E-state index contributed by atoms with van der Waals surface area (Å²) in [6.07, 6.45) is 9.78. The molecule has 3 aromatic heterocycles. The second-order valence-electron chi connectivity index (χ2n) is 11.3. The molecule has 2 bridgehead atoms. The van der Waals surface area contributed by atoms with Crippen LogP contribution in [0.2, 0.25) is 0 Å². The molecule has 0 radical (unpaired) electrons. The van der Waals surface area contributed by atoms with E-state index in [0.717, 1.165) is 48.1 Å². The summed E-state index contributed by atoms with van der Waals surface area (Å²) in [5, 5.41) is 7.54. The standard InChI is InChI=1S/C29H31N7O3S/c1-40(38,39)26-25(19-13-21-10-11-22(14-19)35(21)29(37)33-20-8-9-20)34-28-23(16-32-36(28)27(26)30)18-7-12-24(31-15-18)17-5-3-2-4-6-17/h2-7,12,15-16,19-22H,8-11,13-14,30H2,1H3,(H,33,37)/t19-,21-,22+. The zero-order valence-corrected chi connectivity index (χ0v) is 23.0. The van der Waals surface area contributed by atoms with E-state index in [4.69, 9.17) is 10.7 Å². The molecule has 1 aromatic carbocycles. The average molecular weight is 558 g/mol. The number of rotatable bonds is 5. The first-order chi connectivity index (χ1) is 19.3. The molecule has 0 unspecified atom stereocenters. The van der Waals surface area contributed by atoms with Gasteiger partial charge in [0.1, 0.15) is 10.7 Å². The lowest BCUT2D eigenvalue weighted by Gasteiger charge is -2.39. The minimum Gasteiger partial charge on any atom is -0.382 e. The number of amides is 2. The van der Waals surface area contributed by atoms with Gasteiger partial charge in [-0.25, -0.2) is 18.2 Å². The van der Waals surface area contributed by atoms with Crippen LogP contribution < -0.4 is 11.1 Å². The van der Waals surface area contributed by atoms with Gasteiger partial charge in [-0.2, -0.15) is 9.61 Å². The predicted octanol–water partition coefficient (Wildman–Crippen LogP) is 4.03. The van der Waals surface area contributed by atoms with Crippen molar-refractivity contribution in [1.82, 2.24) is 29.8 Å². The molecule has 1 aliphatic carbocycles. The number of nitrogens with two attached hydrogens (primary N) is 1. The van der Waals surface area contributed by atoms with Crippen LogP contribution in [-0.4, -0.2) is 63.3 Å². The summed E-state index contributed by atoms with van der Waals surface area (Å²) in [4.78, 5) is 24.6. The van der Waals surface area contributed by atoms with Gasteiger partial charge in [0.25, 0.3) is 0 Å². The number of aromatic nitrogens is 4. The molecular formula is C29H31N7O3S. The van der Waals surface area contributed by atoms with E-state index in [-0.39, 0.29) is 34.7 Å². The first kappa shape index (κ1) is 25.0. The molecule has 5 heterocycles. The van der Waals surface area contributed by atoms with Gasteiger partial charge in [-0.1, -0.05) is 36.4 Å². The minimum atomic E-state index is -3.70. The first-order valence-electron chi connectivity index (χ1n) is 13.8. The average Bonchev–Trinajstić information content (AvgIpc) is 3.58. The lowest BCUT2D eigenvalue weighted by molar-refractivity contribution is 0.136. The Morgan fingerprint density at radius 1 is 0.975 bits per heavy atom. The Balaban J connectivity index is 1.27. The van der Waals surface area contributed by atoms with Crippen LogP contribution in [0.25, 0.3) is 28.0 Å². The molecule has 11 heteroatoms. The summed E-state index contributed by atoms with van der Waals surface area (Å²) in [5.41, 5.74) is 10.9. The van der Waals surface area contributed by atoms with Crippen molar-refractivity contribution in [3.63, 3.8) is 0 Å². The molecule has 206 valence electrons. The van der Waals surface area contributed by atoms with Gasteiger partial charge in [-0.3, -0.25) is 4.98 Å². The molecule has 1 saturated carbocycles. The third kappa shape index (κ3) is 4.28. The lowest BCUT2D eigenvalue weighted by Crippen LogP contribution is -2.51. The number of hydrogen-bond acceptors (Lipinski definition) is 7. The number of benzene rings is 1. The number of nitrogens with one attached hydrogen (secondary N) is 1. The largest absolute Gasteiger partial charge is 0.382 e. The van der Waals surface area contributed by atoms with Crippen molar-refractivity contribution in [2.45, 2.75) is 67.5 Å². The highest BCUT2D eigenvalue weighted by atomic mass is 32.2. The fourth-order valence-electron chi connectivity index (χ4n) is 6.42. The van der Waals surface area contributed by atoms with Crippen LogP contribution in [0.3, 0.4) is 0 Å². The molecule has 4 aromatic rings. The fraction of sp³-hybridized carbons (Fsp3) is 0.379. The zero-order chi connectivity index (χ0) is 27.6. The van der Waals surface area contributed by atoms with E-state index in [9.17, 15) is 13.2 Å². The van der Waals surface area contributed by atoms with E-state index in [1.165, 1.54) is 10.8 Å². The summed E-state index contributed by atoms with van der Waals surface area (Å²) in [5.74, 6) is -0.0790. The summed E-state index contributed by atoms with van der Waals surface area (Å²) in [6, 6.07) is 14.2. The number of nitrogens with zero attached hydrogens (tertiary/aromatic N) is 5. The maximum Gasteiger partial charge on any atom is 0.318 e. The first-order valence-corrected chi connectivity index (χ1v) is 15.6. The van der Waals surface area contributed by atoms with E-state index < -0.39 is 9.84 Å². The number of hydrogen-bond donors (Lipinski definition) is 2. The molecule has 2 aliphatic heterocycles. The van der Waals surface area contributed by atoms with Crippen molar-refractivity contribution >= 4 is 27.3 Å². The Kier molecular flexibility index (Phi) is 5.81. The maximum atomic E-state index is 13.0. The van der Waals surface area contributed by atoms with E-state index >= 15 is 0 Å². The summed E-state index contributed by atoms with van der Waals surface area (Å²) < 4.78 is 27.5. The van der Waals surface area contributed by atoms with Gasteiger partial charge in [-0.05, 0) is 44.6 Å². The van der Waals surface area contributed by atoms with Gasteiger partial charge in [0.2, 0.25) is 0 Å². The molecule has 0 spiro atoms. The molecule has 10 nitrogen and oxygen atoms in total. The van der Waals surface area contributed by atoms with Crippen LogP contribution in [0.4, 0.5) is 10.6 Å². The molecule has 2 amide bonds. The van der Waals surface area contributed by atoms with Crippen molar-refractivity contribution < 1.29 is 13.2 Å². The van der Waals surface area contributed by atoms with Crippen LogP contribution in [0.15, 0.2) is 59.8 Å². The molecule has 2 saturated heterocycles. The fourth-order valence-corrected chi connectivity index (χ4v) is 7.48. The Morgan fingerprint density at radius 3 is 2.33 bits per heavy atom. The third-order valence-electron chi connectivity index (χ3n) is 8.44. The lowest BCUT2D eigenvalue weighted by atomic mass is 9.88. The van der Waals surface area contributed by atoms with Crippen LogP contribution in [0.1, 0.15) is 50.1 Å². The van der Waals surface area contributed by atoms with Gasteiger partial charge in [0.15, 0.2) is 15.5 Å². The number of carbonyl (C=O) groups is 1. The number of sulfone groups is 1. The Bertz CT molecular complexity index is 1700. The van der Waals surface area contributed by atoms with Crippen LogP contribution in [0.5, 0.6) is 0 Å². The second-order valence-corrected chi connectivity index (χ2v) is 13.2. The number of urea groups is 1. The number of fused-ring (bicyclic) bond motifs is 3. The summed E-state index contributed by atoms with van der Waals surface area (Å²) >= 11 is 0. The quantitative estimate of drug-likeness (QED) is 0.378. The Hall–Kier alpha value is -3.99. The highest BCUT2D eigenvalue weighted by Crippen LogP contribution is 2.45. The van der Waals surface area contributed by atoms with E-state index in [1.54, 1.807) is 12.4 Å². The molecule has 3 atom stereocenters. The van der Waals surface area contributed by atoms with Crippen molar-refractivity contribution in [3.8, 4) is 22.4 Å². The maximum absolute atomic E-state index is 13.0. The predicted molar refractivity (Wildman–Crippen MR) is 151 cm³/mol. The van der Waals surface area contributed by atoms with Crippen LogP contribution in [-0.2, 0) is 9.84 Å². The van der Waals surface area contributed by atoms with Gasteiger partial charge in [0.05, 0.1) is 17.6 Å². The van der Waals surface area contributed by atoms with E-state index in [2.05, 4.69) is 15.4 Å². The van der Waals surface area contributed by atoms with Gasteiger partial charge in [0, 0.05) is 53.2 Å². The van der Waals surface area contributed by atoms with Crippen molar-refractivity contribution in [3.05, 3.63) is 60.6 Å². The highest BCUT2D eigenvalue weighted by Gasteiger charge is 2.46. The number of nitrogen functional groups attached to an aromatic ring is 1. The van der Waals surface area contributed by atoms with Crippen molar-refractivity contribution in [1.29, 1.82) is 0 Å². The van der Waals surface area contributed by atoms with E-state index in [1.807, 2.05) is 47.4 Å². The zero-order valence-electron chi connectivity index (χ0n) is 22.2. The second kappa shape index (κ2) is 9.29. The normalized spacial score (nSPS) is 22.5. The Labute approximate surface area is 232 Å². The smallest absolute Gasteiger partial charge is 0.318 e. The Morgan fingerprint density at radius 2 is 1.70 bits per heavy atom. The van der Waals surface area contributed by atoms with Crippen molar-refractivity contribution in [2.24, 2.45) is 0 Å².